The maximum absolute atomic E-state index is 5.59. The number of benzene rings is 9. The summed E-state index contributed by atoms with van der Waals surface area (Å²) in [5, 5.41) is 7.59. The standard InChI is InChI=1S/C73H67N5S/c1-5-9-23-48-41-49(24-10-6-2)44-53(43-48)72-74-71(75-73(76-72)54-45-50(25-11-7-3)42-51(46-54)26-12-8-4)52-37-39-66(78-65-35-21-16-31-60(65)69-67(78)40-38-59-58-30-17-22-36-68(58)79-70(59)69)61(47-52)57-29-15-20-34-64(57)77-62-32-18-13-27-55(62)56-28-14-19-33-63(56)77/h13-22,27-47H,5-12,23-26H2,1-4H3. The van der Waals surface area contributed by atoms with Gasteiger partial charge in [-0.2, -0.15) is 0 Å². The molecule has 13 rings (SSSR count). The van der Waals surface area contributed by atoms with Crippen LogP contribution in [0.2, 0.25) is 0 Å². The van der Waals surface area contributed by atoms with Gasteiger partial charge < -0.3 is 9.13 Å². The maximum atomic E-state index is 5.59. The first-order valence-corrected chi connectivity index (χ1v) is 29.9. The zero-order valence-electron chi connectivity index (χ0n) is 46.0. The predicted molar refractivity (Wildman–Crippen MR) is 338 cm³/mol. The average molecular weight is 1050 g/mol. The summed E-state index contributed by atoms with van der Waals surface area (Å²) in [5.41, 5.74) is 17.5. The molecule has 5 nitrogen and oxygen atoms in total. The molecule has 0 amide bonds. The topological polar surface area (TPSA) is 48.5 Å². The minimum absolute atomic E-state index is 0.666. The Kier molecular flexibility index (Phi) is 14.0. The second-order valence-electron chi connectivity index (χ2n) is 21.7. The van der Waals surface area contributed by atoms with E-state index in [0.717, 1.165) is 128 Å². The van der Waals surface area contributed by atoms with E-state index in [9.17, 15) is 0 Å². The maximum Gasteiger partial charge on any atom is 0.164 e. The summed E-state index contributed by atoms with van der Waals surface area (Å²) >= 11 is 1.90. The second kappa shape index (κ2) is 21.9. The van der Waals surface area contributed by atoms with Gasteiger partial charge in [0.25, 0.3) is 0 Å². The number of hydrogen-bond acceptors (Lipinski definition) is 4. The zero-order valence-corrected chi connectivity index (χ0v) is 46.8. The van der Waals surface area contributed by atoms with Crippen molar-refractivity contribution in [2.24, 2.45) is 0 Å². The molecule has 390 valence electrons. The molecule has 0 unspecified atom stereocenters. The Hall–Kier alpha value is -8.19. The van der Waals surface area contributed by atoms with Gasteiger partial charge in [0.15, 0.2) is 17.5 Å². The molecule has 0 aliphatic carbocycles. The van der Waals surface area contributed by atoms with Crippen LogP contribution in [0.25, 0.3) is 120 Å². The predicted octanol–water partition coefficient (Wildman–Crippen LogP) is 20.5. The van der Waals surface area contributed by atoms with Crippen molar-refractivity contribution >= 4 is 75.1 Å². The number of thiophene rings is 1. The molecule has 0 spiro atoms. The third-order valence-electron chi connectivity index (χ3n) is 16.2. The van der Waals surface area contributed by atoms with Crippen molar-refractivity contribution in [3.8, 4) is 56.7 Å². The van der Waals surface area contributed by atoms with Crippen LogP contribution < -0.4 is 0 Å². The molecule has 9 aromatic carbocycles. The van der Waals surface area contributed by atoms with Gasteiger partial charge in [-0.3, -0.25) is 0 Å². The first kappa shape index (κ1) is 50.3. The summed E-state index contributed by atoms with van der Waals surface area (Å²) < 4.78 is 7.60. The Labute approximate surface area is 468 Å². The lowest BCUT2D eigenvalue weighted by Crippen LogP contribution is -2.04. The van der Waals surface area contributed by atoms with Crippen LogP contribution in [0.4, 0.5) is 0 Å². The number of unbranched alkanes of at least 4 members (excludes halogenated alkanes) is 4. The molecular formula is C73H67N5S. The molecule has 0 saturated carbocycles. The molecule has 0 saturated heterocycles. The Morgan fingerprint density at radius 2 is 0.785 bits per heavy atom. The first-order chi connectivity index (χ1) is 39.0. The normalized spacial score (nSPS) is 11.9. The molecule has 0 atom stereocenters. The third-order valence-corrected chi connectivity index (χ3v) is 17.4. The quantitative estimate of drug-likeness (QED) is 0.0860. The molecule has 0 N–H and O–H groups in total. The van der Waals surface area contributed by atoms with Crippen LogP contribution >= 0.6 is 11.3 Å². The van der Waals surface area contributed by atoms with E-state index in [2.05, 4.69) is 225 Å². The van der Waals surface area contributed by atoms with E-state index in [1.165, 1.54) is 86.0 Å². The Balaban J connectivity index is 1.10. The minimum Gasteiger partial charge on any atom is -0.309 e. The van der Waals surface area contributed by atoms with E-state index in [1.54, 1.807) is 0 Å². The lowest BCUT2D eigenvalue weighted by molar-refractivity contribution is 0.780. The molecule has 6 heteroatoms. The van der Waals surface area contributed by atoms with Crippen LogP contribution in [-0.4, -0.2) is 24.1 Å². The summed E-state index contributed by atoms with van der Waals surface area (Å²) in [5.74, 6) is 2.10. The van der Waals surface area contributed by atoms with Gasteiger partial charge in [-0.05, 0) is 152 Å². The fourth-order valence-corrected chi connectivity index (χ4v) is 13.6. The van der Waals surface area contributed by atoms with E-state index in [0.29, 0.717) is 5.82 Å². The zero-order chi connectivity index (χ0) is 53.4. The third kappa shape index (κ3) is 9.40. The number of nitrogens with zero attached hydrogens (tertiary/aromatic N) is 5. The van der Waals surface area contributed by atoms with Crippen LogP contribution in [0.15, 0.2) is 188 Å². The van der Waals surface area contributed by atoms with Crippen molar-refractivity contribution in [2.75, 3.05) is 0 Å². The van der Waals surface area contributed by atoms with Crippen molar-refractivity contribution < 1.29 is 0 Å². The van der Waals surface area contributed by atoms with Crippen LogP contribution in [0.1, 0.15) is 101 Å². The van der Waals surface area contributed by atoms with Crippen molar-refractivity contribution in [2.45, 2.75) is 105 Å². The van der Waals surface area contributed by atoms with Crippen LogP contribution in [0.5, 0.6) is 0 Å². The van der Waals surface area contributed by atoms with Gasteiger partial charge in [0, 0.05) is 69.5 Å². The van der Waals surface area contributed by atoms with E-state index >= 15 is 0 Å². The monoisotopic (exact) mass is 1050 g/mol. The molecule has 13 aromatic rings. The van der Waals surface area contributed by atoms with E-state index < -0.39 is 0 Å². The Morgan fingerprint density at radius 1 is 0.342 bits per heavy atom. The summed E-state index contributed by atoms with van der Waals surface area (Å²) in [7, 11) is 0. The first-order valence-electron chi connectivity index (χ1n) is 29.1. The minimum atomic E-state index is 0.666. The smallest absolute Gasteiger partial charge is 0.164 e. The van der Waals surface area contributed by atoms with Gasteiger partial charge >= 0.3 is 0 Å². The highest BCUT2D eigenvalue weighted by Gasteiger charge is 2.24. The van der Waals surface area contributed by atoms with Gasteiger partial charge in [0.1, 0.15) is 0 Å². The summed E-state index contributed by atoms with van der Waals surface area (Å²) in [6.07, 6.45) is 13.3. The molecular weight excluding hydrogens is 979 g/mol. The number of para-hydroxylation sites is 4. The van der Waals surface area contributed by atoms with E-state index in [1.807, 2.05) is 11.3 Å². The van der Waals surface area contributed by atoms with Crippen molar-refractivity contribution in [1.29, 1.82) is 0 Å². The van der Waals surface area contributed by atoms with Gasteiger partial charge in [0.05, 0.1) is 33.4 Å². The largest absolute Gasteiger partial charge is 0.309 e. The van der Waals surface area contributed by atoms with E-state index in [-0.39, 0.29) is 0 Å². The molecule has 0 radical (unpaired) electrons. The fourth-order valence-electron chi connectivity index (χ4n) is 12.3. The van der Waals surface area contributed by atoms with Gasteiger partial charge in [-0.25, -0.2) is 15.0 Å². The Bertz CT molecular complexity index is 4210. The lowest BCUT2D eigenvalue weighted by atomic mass is 9.97. The van der Waals surface area contributed by atoms with Crippen LogP contribution in [0.3, 0.4) is 0 Å². The molecule has 0 fully saturated rings. The molecule has 0 bridgehead atoms. The van der Waals surface area contributed by atoms with Crippen LogP contribution in [0, 0.1) is 0 Å². The highest BCUT2D eigenvalue weighted by Crippen LogP contribution is 2.46. The van der Waals surface area contributed by atoms with Crippen molar-refractivity contribution in [3.05, 3.63) is 210 Å². The number of aromatic nitrogens is 5. The highest BCUT2D eigenvalue weighted by atomic mass is 32.1. The van der Waals surface area contributed by atoms with Gasteiger partial charge in [-0.15, -0.1) is 11.3 Å². The number of aryl methyl sites for hydroxylation is 4. The van der Waals surface area contributed by atoms with Crippen molar-refractivity contribution in [3.63, 3.8) is 0 Å². The molecule has 4 aromatic heterocycles. The second-order valence-corrected chi connectivity index (χ2v) is 22.8. The average Bonchev–Trinajstić information content (AvgIpc) is 4.26. The number of hydrogen-bond donors (Lipinski definition) is 0. The van der Waals surface area contributed by atoms with Crippen LogP contribution in [-0.2, 0) is 25.7 Å². The molecule has 79 heavy (non-hydrogen) atoms. The summed E-state index contributed by atoms with van der Waals surface area (Å²) in [6.45, 7) is 9.12. The van der Waals surface area contributed by atoms with Gasteiger partial charge in [0.2, 0.25) is 0 Å². The van der Waals surface area contributed by atoms with Gasteiger partial charge in [-0.1, -0.05) is 163 Å². The fraction of sp³-hybridized carbons (Fsp3) is 0.219. The number of rotatable bonds is 18. The Morgan fingerprint density at radius 3 is 1.34 bits per heavy atom. The molecule has 0 aliphatic heterocycles. The van der Waals surface area contributed by atoms with E-state index in [4.69, 9.17) is 15.0 Å². The SMILES string of the molecule is CCCCc1cc(CCCC)cc(-c2nc(-c3cc(CCCC)cc(CCCC)c3)nc(-c3ccc(-n4c5ccccc5c5c6sc7ccccc7c6ccc54)c(-c4ccccc4-n4c5ccccc5c5ccccc54)c3)n2)c1. The lowest BCUT2D eigenvalue weighted by Gasteiger charge is -2.20. The molecule has 0 aliphatic rings. The molecule has 4 heterocycles. The highest BCUT2D eigenvalue weighted by molar-refractivity contribution is 7.26. The van der Waals surface area contributed by atoms with Crippen molar-refractivity contribution in [1.82, 2.24) is 24.1 Å². The summed E-state index contributed by atoms with van der Waals surface area (Å²) in [6, 6.07) is 70.4. The number of fused-ring (bicyclic) bond motifs is 10. The summed E-state index contributed by atoms with van der Waals surface area (Å²) in [4.78, 5) is 16.7.